The molecule has 0 rings (SSSR count). The lowest BCUT2D eigenvalue weighted by Crippen LogP contribution is -1.92. The Labute approximate surface area is 84.5 Å². The average molecular weight is 186 g/mol. The Morgan fingerprint density at radius 3 is 1.31 bits per heavy atom. The average Bonchev–Trinajstić information content (AvgIpc) is 2.08. The molecule has 0 aromatic carbocycles. The van der Waals surface area contributed by atoms with Gasteiger partial charge in [0.15, 0.2) is 0 Å². The molecular formula is C12H26O. The molecule has 0 aliphatic heterocycles. The van der Waals surface area contributed by atoms with Gasteiger partial charge in [-0.1, -0.05) is 26.0 Å². The van der Waals surface area contributed by atoms with E-state index in [4.69, 9.17) is 4.74 Å². The van der Waals surface area contributed by atoms with Crippen LogP contribution in [0.2, 0.25) is 0 Å². The van der Waals surface area contributed by atoms with E-state index in [9.17, 15) is 0 Å². The van der Waals surface area contributed by atoms with Crippen molar-refractivity contribution in [2.75, 3.05) is 13.2 Å². The second-order valence-corrected chi connectivity index (χ2v) is 2.43. The highest BCUT2D eigenvalue weighted by atomic mass is 16.5. The van der Waals surface area contributed by atoms with Crippen molar-refractivity contribution in [2.24, 2.45) is 0 Å². The minimum Gasteiger partial charge on any atom is -0.381 e. The highest BCUT2D eigenvalue weighted by Crippen LogP contribution is 1.81. The molecule has 0 unspecified atom stereocenters. The predicted molar refractivity (Wildman–Crippen MR) is 63.1 cm³/mol. The molecule has 0 aromatic rings. The van der Waals surface area contributed by atoms with Crippen molar-refractivity contribution in [1.29, 1.82) is 0 Å². The number of hydrogen-bond acceptors (Lipinski definition) is 1. The largest absolute Gasteiger partial charge is 0.381 e. The molecule has 0 saturated heterocycles. The first-order valence-corrected chi connectivity index (χ1v) is 4.96. The monoisotopic (exact) mass is 186 g/mol. The Hall–Kier alpha value is -0.560. The van der Waals surface area contributed by atoms with Crippen molar-refractivity contribution in [3.05, 3.63) is 25.3 Å². The topological polar surface area (TPSA) is 9.23 Å². The van der Waals surface area contributed by atoms with Crippen LogP contribution in [0.1, 0.15) is 40.5 Å². The Morgan fingerprint density at radius 2 is 1.15 bits per heavy atom. The minimum atomic E-state index is 0.924. The van der Waals surface area contributed by atoms with E-state index in [0.717, 1.165) is 26.1 Å². The molecule has 0 spiro atoms. The maximum absolute atomic E-state index is 5.13. The zero-order valence-corrected chi connectivity index (χ0v) is 9.81. The summed E-state index contributed by atoms with van der Waals surface area (Å²) in [4.78, 5) is 0. The first-order valence-electron chi connectivity index (χ1n) is 4.96. The smallest absolute Gasteiger partial charge is 0.0463 e. The van der Waals surface area contributed by atoms with E-state index in [0.29, 0.717) is 0 Å². The third-order valence-electron chi connectivity index (χ3n) is 0.697. The van der Waals surface area contributed by atoms with Gasteiger partial charge in [-0.15, -0.1) is 13.2 Å². The van der Waals surface area contributed by atoms with Gasteiger partial charge in [0.1, 0.15) is 0 Å². The van der Waals surface area contributed by atoms with Crippen LogP contribution in [0.5, 0.6) is 0 Å². The van der Waals surface area contributed by atoms with Gasteiger partial charge in [0.25, 0.3) is 0 Å². The molecule has 1 heteroatoms. The highest BCUT2D eigenvalue weighted by Gasteiger charge is 1.77. The second-order valence-electron chi connectivity index (χ2n) is 2.43. The Balaban J connectivity index is -0.000000140. The molecule has 0 bridgehead atoms. The molecule has 0 amide bonds. The number of hydrogen-bond donors (Lipinski definition) is 0. The fraction of sp³-hybridized carbons (Fsp3) is 0.667. The van der Waals surface area contributed by atoms with Gasteiger partial charge in [0.2, 0.25) is 0 Å². The Kier molecular flexibility index (Phi) is 42.3. The van der Waals surface area contributed by atoms with Gasteiger partial charge in [-0.05, 0) is 26.7 Å². The van der Waals surface area contributed by atoms with Gasteiger partial charge in [-0.3, -0.25) is 0 Å². The first kappa shape index (κ1) is 18.3. The van der Waals surface area contributed by atoms with Crippen molar-refractivity contribution in [3.8, 4) is 0 Å². The molecular weight excluding hydrogens is 160 g/mol. The molecule has 0 N–H and O–H groups in total. The van der Waals surface area contributed by atoms with Crippen molar-refractivity contribution < 1.29 is 4.74 Å². The van der Waals surface area contributed by atoms with Crippen LogP contribution in [0.3, 0.4) is 0 Å². The van der Waals surface area contributed by atoms with Crippen molar-refractivity contribution >= 4 is 0 Å². The lowest BCUT2D eigenvalue weighted by atomic mass is 10.5. The summed E-state index contributed by atoms with van der Waals surface area (Å²) in [5.74, 6) is 0. The van der Waals surface area contributed by atoms with Gasteiger partial charge in [0.05, 0.1) is 0 Å². The van der Waals surface area contributed by atoms with Crippen molar-refractivity contribution in [1.82, 2.24) is 0 Å². The molecule has 0 fully saturated rings. The van der Waals surface area contributed by atoms with Gasteiger partial charge in [-0.25, -0.2) is 0 Å². The normalized spacial score (nSPS) is 7.08. The van der Waals surface area contributed by atoms with Gasteiger partial charge < -0.3 is 4.74 Å². The second kappa shape index (κ2) is 30.1. The summed E-state index contributed by atoms with van der Waals surface area (Å²) in [5, 5.41) is 0. The van der Waals surface area contributed by atoms with Crippen LogP contribution in [0.4, 0.5) is 0 Å². The van der Waals surface area contributed by atoms with E-state index < -0.39 is 0 Å². The Morgan fingerprint density at radius 1 is 0.923 bits per heavy atom. The minimum absolute atomic E-state index is 0.924. The molecule has 0 aliphatic carbocycles. The van der Waals surface area contributed by atoms with Gasteiger partial charge >= 0.3 is 0 Å². The van der Waals surface area contributed by atoms with Gasteiger partial charge in [0, 0.05) is 13.2 Å². The molecule has 1 nitrogen and oxygen atoms in total. The molecule has 0 heterocycles. The maximum Gasteiger partial charge on any atom is 0.0463 e. The maximum atomic E-state index is 5.13. The fourth-order valence-electron chi connectivity index (χ4n) is 0.391. The number of allylic oxidation sites excluding steroid dienone is 2. The third-order valence-corrected chi connectivity index (χ3v) is 0.697. The van der Waals surface area contributed by atoms with Crippen molar-refractivity contribution in [3.63, 3.8) is 0 Å². The van der Waals surface area contributed by atoms with Crippen LogP contribution in [-0.2, 0) is 4.74 Å². The van der Waals surface area contributed by atoms with Gasteiger partial charge in [-0.2, -0.15) is 0 Å². The third kappa shape index (κ3) is 86.1. The van der Waals surface area contributed by atoms with Crippen LogP contribution in [0, 0.1) is 0 Å². The summed E-state index contributed by atoms with van der Waals surface area (Å²) >= 11 is 0. The zero-order chi connectivity index (χ0) is 10.9. The number of ether oxygens (including phenoxy) is 1. The molecule has 0 atom stereocenters. The summed E-state index contributed by atoms with van der Waals surface area (Å²) in [6, 6.07) is 0. The van der Waals surface area contributed by atoms with E-state index in [1.54, 1.807) is 12.2 Å². The highest BCUT2D eigenvalue weighted by molar-refractivity contribution is 4.51. The van der Waals surface area contributed by atoms with E-state index in [2.05, 4.69) is 27.0 Å². The SMILES string of the molecule is C=CC.C=CC.CCCOCCC. The van der Waals surface area contributed by atoms with E-state index in [-0.39, 0.29) is 0 Å². The fourth-order valence-corrected chi connectivity index (χ4v) is 0.391. The molecule has 0 saturated carbocycles. The van der Waals surface area contributed by atoms with E-state index in [1.807, 2.05) is 13.8 Å². The van der Waals surface area contributed by atoms with Crippen LogP contribution < -0.4 is 0 Å². The van der Waals surface area contributed by atoms with E-state index in [1.165, 1.54) is 0 Å². The van der Waals surface area contributed by atoms with Crippen molar-refractivity contribution in [2.45, 2.75) is 40.5 Å². The lowest BCUT2D eigenvalue weighted by Gasteiger charge is -1.95. The number of rotatable bonds is 4. The van der Waals surface area contributed by atoms with Crippen LogP contribution in [-0.4, -0.2) is 13.2 Å². The summed E-state index contributed by atoms with van der Waals surface area (Å²) in [6.07, 6.45) is 5.78. The van der Waals surface area contributed by atoms with Crippen LogP contribution in [0.25, 0.3) is 0 Å². The molecule has 80 valence electrons. The lowest BCUT2D eigenvalue weighted by molar-refractivity contribution is 0.135. The standard InChI is InChI=1S/C6H14O.2C3H6/c1-3-5-7-6-4-2;2*1-3-2/h3-6H2,1-2H3;2*3H,1H2,2H3. The zero-order valence-electron chi connectivity index (χ0n) is 9.81. The molecule has 0 radical (unpaired) electrons. The summed E-state index contributed by atoms with van der Waals surface area (Å²) in [5.41, 5.74) is 0. The van der Waals surface area contributed by atoms with Crippen LogP contribution in [0.15, 0.2) is 25.3 Å². The quantitative estimate of drug-likeness (QED) is 0.472. The summed E-state index contributed by atoms with van der Waals surface area (Å²) in [7, 11) is 0. The Bertz CT molecular complexity index is 67.2. The molecule has 13 heavy (non-hydrogen) atoms. The summed E-state index contributed by atoms with van der Waals surface area (Å²) < 4.78 is 5.13. The summed E-state index contributed by atoms with van der Waals surface area (Å²) in [6.45, 7) is 16.6. The van der Waals surface area contributed by atoms with Crippen LogP contribution >= 0.6 is 0 Å². The van der Waals surface area contributed by atoms with E-state index >= 15 is 0 Å². The molecule has 0 aromatic heterocycles. The predicted octanol–water partition coefficient (Wildman–Crippen LogP) is 4.21. The molecule has 0 aliphatic rings. The first-order chi connectivity index (χ1) is 6.24.